The predicted molar refractivity (Wildman–Crippen MR) is 294 cm³/mol. The summed E-state index contributed by atoms with van der Waals surface area (Å²) in [5, 5.41) is 0. The average Bonchev–Trinajstić information content (AvgIpc) is 3.60. The second-order valence-corrected chi connectivity index (χ2v) is 12.8. The number of piperidine rings is 1. The van der Waals surface area contributed by atoms with E-state index >= 15 is 0 Å². The topological polar surface area (TPSA) is 28.0 Å². The van der Waals surface area contributed by atoms with Gasteiger partial charge in [-0.05, 0) is 126 Å². The second-order valence-electron chi connectivity index (χ2n) is 12.8. The van der Waals surface area contributed by atoms with Crippen LogP contribution in [0.25, 0.3) is 0 Å². The van der Waals surface area contributed by atoms with Crippen molar-refractivity contribution in [3.63, 3.8) is 0 Å². The molecule has 0 N–H and O–H groups in total. The van der Waals surface area contributed by atoms with E-state index in [4.69, 9.17) is 0 Å². The van der Waals surface area contributed by atoms with Gasteiger partial charge in [-0.2, -0.15) is 0 Å². The molecule has 2 aromatic heterocycles. The van der Waals surface area contributed by atoms with Gasteiger partial charge >= 0.3 is 0 Å². The molecule has 5 aliphatic heterocycles. The number of hydrogen-bond donors (Lipinski definition) is 0. The van der Waals surface area contributed by atoms with Gasteiger partial charge in [-0.1, -0.05) is 140 Å². The first-order chi connectivity index (χ1) is 26.7. The fourth-order valence-electron chi connectivity index (χ4n) is 4.31. The van der Waals surface area contributed by atoms with Crippen LogP contribution in [0.3, 0.4) is 0 Å². The first-order valence-electron chi connectivity index (χ1n) is 22.7. The Labute approximate surface area is 393 Å². The lowest BCUT2D eigenvalue weighted by Crippen LogP contribution is -2.42. The summed E-state index contributed by atoms with van der Waals surface area (Å²) in [7, 11) is 17.0. The van der Waals surface area contributed by atoms with Crippen LogP contribution in [0.15, 0.2) is 55.1 Å². The lowest BCUT2D eigenvalue weighted by molar-refractivity contribution is -0.671. The van der Waals surface area contributed by atoms with Gasteiger partial charge in [0.1, 0.15) is 7.05 Å². The Morgan fingerprint density at radius 1 is 0.279 bits per heavy atom. The van der Waals surface area contributed by atoms with Crippen LogP contribution in [0.2, 0.25) is 0 Å². The SMILES string of the molecule is C.C.C.C.C.C.CC.CC.CC.CC.CC.CC.CN1CC1.CN1CCC1.CN1CCCC1.CN1CCCCC1.CN1CCN(C)CC1.C[n+]1ccccc1.Cn1cccc1. The molecule has 0 saturated carbocycles. The molecule has 0 radical (unpaired) electrons. The van der Waals surface area contributed by atoms with E-state index in [0.717, 1.165) is 0 Å². The third kappa shape index (κ3) is 82.5. The maximum Gasteiger partial charge on any atom is 0.168 e. The van der Waals surface area contributed by atoms with Gasteiger partial charge in [-0.25, -0.2) is 4.57 Å². The van der Waals surface area contributed by atoms with E-state index < -0.39 is 0 Å². The van der Waals surface area contributed by atoms with Crippen molar-refractivity contribution >= 4 is 0 Å². The van der Waals surface area contributed by atoms with Crippen molar-refractivity contribution in [2.45, 2.75) is 166 Å². The quantitative estimate of drug-likeness (QED) is 0.193. The molecule has 0 atom stereocenters. The molecule has 7 heterocycles. The van der Waals surface area contributed by atoms with Gasteiger partial charge in [-0.15, -0.1) is 0 Å². The molecule has 0 amide bonds. The minimum absolute atomic E-state index is 0. The lowest BCUT2D eigenvalue weighted by atomic mass is 10.1. The molecule has 61 heavy (non-hydrogen) atoms. The van der Waals surface area contributed by atoms with Crippen molar-refractivity contribution in [3.8, 4) is 0 Å². The molecule has 7 rings (SSSR count). The summed E-state index contributed by atoms with van der Waals surface area (Å²) in [5.74, 6) is 0. The third-order valence-corrected chi connectivity index (χ3v) is 8.00. The van der Waals surface area contributed by atoms with Gasteiger partial charge in [0, 0.05) is 70.8 Å². The van der Waals surface area contributed by atoms with Gasteiger partial charge in [0.05, 0.1) is 0 Å². The first-order valence-corrected chi connectivity index (χ1v) is 22.7. The minimum Gasteiger partial charge on any atom is -0.357 e. The number of pyridine rings is 1. The Kier molecular flexibility index (Phi) is 116. The van der Waals surface area contributed by atoms with Crippen LogP contribution in [-0.4, -0.2) is 155 Å². The number of likely N-dealkylation sites (tertiary alicyclic amines) is 3. The van der Waals surface area contributed by atoms with E-state index in [-0.39, 0.29) is 44.6 Å². The van der Waals surface area contributed by atoms with Crippen LogP contribution in [0.4, 0.5) is 0 Å². The fraction of sp³-hybridized carbons (Fsp3) is 0.830. The second kappa shape index (κ2) is 78.7. The molecule has 8 nitrogen and oxygen atoms in total. The van der Waals surface area contributed by atoms with Gasteiger partial charge < -0.3 is 34.0 Å². The van der Waals surface area contributed by atoms with Crippen molar-refractivity contribution in [1.82, 2.24) is 34.0 Å². The molecular weight excluding hydrogens is 749 g/mol. The van der Waals surface area contributed by atoms with Gasteiger partial charge in [0.25, 0.3) is 0 Å². The van der Waals surface area contributed by atoms with E-state index in [9.17, 15) is 0 Å². The zero-order chi connectivity index (χ0) is 43.7. The zero-order valence-corrected chi connectivity index (χ0v) is 41.5. The lowest BCUT2D eigenvalue weighted by Gasteiger charge is -2.28. The van der Waals surface area contributed by atoms with Gasteiger partial charge in [-0.3, -0.25) is 0 Å². The molecule has 0 spiro atoms. The van der Waals surface area contributed by atoms with Crippen LogP contribution >= 0.6 is 0 Å². The normalized spacial score (nSPS) is 15.1. The van der Waals surface area contributed by atoms with Crippen molar-refractivity contribution in [2.24, 2.45) is 14.1 Å². The molecule has 0 aromatic carbocycles. The van der Waals surface area contributed by atoms with Crippen LogP contribution in [0.1, 0.15) is 166 Å². The molecular formula is C53H129N8+. The Morgan fingerprint density at radius 2 is 0.492 bits per heavy atom. The standard InChI is InChI=1S/C6H14N2.C6H13N.C6H8N.C5H11N.C5H7N.C4H9N.C3H7N.6C2H6.6CH4/c1-7-3-5-8(2)6-4-7;2*1-7-5-3-2-4-6-7;2*1-6-4-2-3-5-6;1-5-3-2-4-5;1-4-2-3-4;6*1-2;;;;;;/h3-6H2,1-2H3;2-6H2,1H3;2-6H,1H3;2-5H2,1H3;2-5H,1H3;2-4H2,1H3;2-3H2,1H3;6*1-2H3;6*1H4/q;;+1;;;;;;;;;;;;;;;;. The van der Waals surface area contributed by atoms with E-state index in [1.54, 1.807) is 0 Å². The molecule has 8 heteroatoms. The minimum atomic E-state index is 0. The van der Waals surface area contributed by atoms with Crippen molar-refractivity contribution in [3.05, 3.63) is 55.1 Å². The highest BCUT2D eigenvalue weighted by atomic mass is 15.2. The molecule has 2 aromatic rings. The Balaban J connectivity index is -0.0000000436. The summed E-state index contributed by atoms with van der Waals surface area (Å²) in [6.45, 7) is 39.5. The summed E-state index contributed by atoms with van der Waals surface area (Å²) >= 11 is 0. The molecule has 5 fully saturated rings. The maximum atomic E-state index is 2.39. The van der Waals surface area contributed by atoms with Crippen LogP contribution in [-0.2, 0) is 14.1 Å². The summed E-state index contributed by atoms with van der Waals surface area (Å²) < 4.78 is 4.00. The fourth-order valence-corrected chi connectivity index (χ4v) is 4.31. The van der Waals surface area contributed by atoms with E-state index in [2.05, 4.69) is 71.7 Å². The van der Waals surface area contributed by atoms with Crippen LogP contribution in [0.5, 0.6) is 0 Å². The third-order valence-electron chi connectivity index (χ3n) is 8.00. The molecule has 0 unspecified atom stereocenters. The Hall–Kier alpha value is -1.81. The number of piperazine rings is 1. The smallest absolute Gasteiger partial charge is 0.168 e. The van der Waals surface area contributed by atoms with Crippen LogP contribution in [0, 0.1) is 0 Å². The maximum absolute atomic E-state index is 2.39. The summed E-state index contributed by atoms with van der Waals surface area (Å²) in [4.78, 5) is 14.0. The monoisotopic (exact) mass is 878 g/mol. The van der Waals surface area contributed by atoms with E-state index in [1.165, 1.54) is 117 Å². The average molecular weight is 879 g/mol. The van der Waals surface area contributed by atoms with E-state index in [0.29, 0.717) is 0 Å². The largest absolute Gasteiger partial charge is 0.357 e. The van der Waals surface area contributed by atoms with Gasteiger partial charge in [0.15, 0.2) is 12.4 Å². The molecule has 5 aliphatic rings. The number of likely N-dealkylation sites (N-methyl/N-ethyl adjacent to an activating group) is 3. The predicted octanol–water partition coefficient (Wildman–Crippen LogP) is 13.4. The van der Waals surface area contributed by atoms with Crippen LogP contribution < -0.4 is 4.57 Å². The van der Waals surface area contributed by atoms with Crippen molar-refractivity contribution in [2.75, 3.05) is 121 Å². The van der Waals surface area contributed by atoms with E-state index in [1.807, 2.05) is 161 Å². The molecule has 380 valence electrons. The molecule has 0 aliphatic carbocycles. The summed E-state index contributed by atoms with van der Waals surface area (Å²) in [6, 6.07) is 10.0. The Morgan fingerprint density at radius 3 is 0.607 bits per heavy atom. The number of aromatic nitrogens is 2. The van der Waals surface area contributed by atoms with Crippen molar-refractivity contribution in [1.29, 1.82) is 0 Å². The highest BCUT2D eigenvalue weighted by Gasteiger charge is 2.08. The summed E-state index contributed by atoms with van der Waals surface area (Å²) in [5.41, 5.74) is 0. The van der Waals surface area contributed by atoms with Gasteiger partial charge in [0.2, 0.25) is 0 Å². The zero-order valence-electron chi connectivity index (χ0n) is 41.5. The summed E-state index contributed by atoms with van der Waals surface area (Å²) in [6.07, 6.45) is 16.5. The molecule has 5 saturated heterocycles. The highest BCUT2D eigenvalue weighted by molar-refractivity contribution is 4.88. The number of rotatable bonds is 0. The highest BCUT2D eigenvalue weighted by Crippen LogP contribution is 2.05. The number of aryl methyl sites for hydroxylation is 2. The molecule has 0 bridgehead atoms. The number of nitrogens with zero attached hydrogens (tertiary/aromatic N) is 8. The first kappa shape index (κ1) is 90.0. The number of hydrogen-bond acceptors (Lipinski definition) is 6. The van der Waals surface area contributed by atoms with Crippen molar-refractivity contribution < 1.29 is 4.57 Å². The Bertz CT molecular complexity index is 813.